The van der Waals surface area contributed by atoms with Crippen LogP contribution in [0.25, 0.3) is 0 Å². The number of halogens is 1. The molecule has 0 unspecified atom stereocenters. The molecule has 1 aromatic carbocycles. The third kappa shape index (κ3) is 5.16. The van der Waals surface area contributed by atoms with E-state index in [-0.39, 0.29) is 0 Å². The highest BCUT2D eigenvalue weighted by Gasteiger charge is 2.02. The predicted molar refractivity (Wildman–Crippen MR) is 53.3 cm³/mol. The minimum Gasteiger partial charge on any atom is -0.481 e. The molecule has 0 radical (unpaired) electrons. The van der Waals surface area contributed by atoms with Crippen LogP contribution in [0.2, 0.25) is 5.02 Å². The van der Waals surface area contributed by atoms with Crippen LogP contribution in [0.1, 0.15) is 17.3 Å². The summed E-state index contributed by atoms with van der Waals surface area (Å²) in [5.41, 5.74) is 5.36. The Morgan fingerprint density at radius 2 is 1.79 bits per heavy atom. The van der Waals surface area contributed by atoms with Gasteiger partial charge in [0.05, 0.1) is 10.6 Å². The smallest absolute Gasteiger partial charge is 0.300 e. The highest BCUT2D eigenvalue weighted by Crippen LogP contribution is 2.13. The number of hydrogen-bond acceptors (Lipinski definition) is 2. The summed E-state index contributed by atoms with van der Waals surface area (Å²) in [6.45, 7) is 1.08. The lowest BCUT2D eigenvalue weighted by molar-refractivity contribution is -0.134. The number of amides is 1. The number of carbonyl (C=O) groups excluding carboxylic acids is 1. The Morgan fingerprint density at radius 3 is 2.07 bits per heavy atom. The summed E-state index contributed by atoms with van der Waals surface area (Å²) in [7, 11) is 0. The van der Waals surface area contributed by atoms with E-state index < -0.39 is 11.9 Å². The van der Waals surface area contributed by atoms with Gasteiger partial charge in [-0.15, -0.1) is 0 Å². The Hall–Kier alpha value is -1.55. The first-order chi connectivity index (χ1) is 6.45. The van der Waals surface area contributed by atoms with E-state index in [0.29, 0.717) is 10.6 Å². The molecule has 0 saturated carbocycles. The first-order valence-corrected chi connectivity index (χ1v) is 4.06. The first-order valence-electron chi connectivity index (χ1n) is 3.69. The highest BCUT2D eigenvalue weighted by molar-refractivity contribution is 6.33. The van der Waals surface area contributed by atoms with Crippen molar-refractivity contribution in [3.05, 3.63) is 34.9 Å². The van der Waals surface area contributed by atoms with Crippen LogP contribution in [0.4, 0.5) is 0 Å². The van der Waals surface area contributed by atoms with Gasteiger partial charge in [0.15, 0.2) is 0 Å². The second-order valence-electron chi connectivity index (χ2n) is 2.36. The van der Waals surface area contributed by atoms with Gasteiger partial charge in [-0.3, -0.25) is 9.59 Å². The van der Waals surface area contributed by atoms with Gasteiger partial charge in [-0.05, 0) is 12.1 Å². The molecule has 0 aliphatic heterocycles. The Balaban J connectivity index is 0.000000364. The fourth-order valence-corrected chi connectivity index (χ4v) is 0.890. The average molecular weight is 216 g/mol. The standard InChI is InChI=1S/C7H6ClNO.C2H4O2/c8-6-4-2-1-3-5(6)7(9)10;1-2(3)4/h1-4H,(H2,9,10);1H3,(H,3,4). The number of hydrogen-bond donors (Lipinski definition) is 2. The van der Waals surface area contributed by atoms with E-state index in [1.165, 1.54) is 0 Å². The molecular weight excluding hydrogens is 206 g/mol. The zero-order valence-corrected chi connectivity index (χ0v) is 8.28. The Morgan fingerprint density at radius 1 is 1.36 bits per heavy atom. The maximum Gasteiger partial charge on any atom is 0.300 e. The van der Waals surface area contributed by atoms with Crippen molar-refractivity contribution in [1.29, 1.82) is 0 Å². The average Bonchev–Trinajstić information content (AvgIpc) is 2.03. The molecular formula is C9H10ClNO3. The van der Waals surface area contributed by atoms with Crippen LogP contribution < -0.4 is 5.73 Å². The van der Waals surface area contributed by atoms with Crippen molar-refractivity contribution in [3.63, 3.8) is 0 Å². The molecule has 1 amide bonds. The SMILES string of the molecule is CC(=O)O.NC(=O)c1ccccc1Cl. The number of rotatable bonds is 1. The van der Waals surface area contributed by atoms with Crippen LogP contribution in [-0.4, -0.2) is 17.0 Å². The van der Waals surface area contributed by atoms with Gasteiger partial charge in [0.2, 0.25) is 5.91 Å². The Labute approximate surface area is 86.3 Å². The molecule has 0 bridgehead atoms. The van der Waals surface area contributed by atoms with E-state index in [9.17, 15) is 4.79 Å². The number of primary amides is 1. The fraction of sp³-hybridized carbons (Fsp3) is 0.111. The van der Waals surface area contributed by atoms with Gasteiger partial charge in [-0.1, -0.05) is 23.7 Å². The number of carbonyl (C=O) groups is 2. The van der Waals surface area contributed by atoms with Crippen LogP contribution >= 0.6 is 11.6 Å². The molecule has 0 aliphatic rings. The maximum absolute atomic E-state index is 10.6. The zero-order chi connectivity index (χ0) is 11.1. The fourth-order valence-electron chi connectivity index (χ4n) is 0.661. The Bertz CT molecular complexity index is 335. The third-order valence-corrected chi connectivity index (χ3v) is 1.47. The van der Waals surface area contributed by atoms with Gasteiger partial charge in [-0.25, -0.2) is 0 Å². The number of carboxylic acid groups (broad SMARTS) is 1. The summed E-state index contributed by atoms with van der Waals surface area (Å²) >= 11 is 5.62. The van der Waals surface area contributed by atoms with Gasteiger partial charge in [0.1, 0.15) is 0 Å². The lowest BCUT2D eigenvalue weighted by Gasteiger charge is -1.95. The first kappa shape index (κ1) is 12.5. The second kappa shape index (κ2) is 5.99. The molecule has 0 spiro atoms. The van der Waals surface area contributed by atoms with E-state index in [4.69, 9.17) is 27.2 Å². The minimum atomic E-state index is -0.833. The topological polar surface area (TPSA) is 80.4 Å². The summed E-state index contributed by atoms with van der Waals surface area (Å²) in [6, 6.07) is 6.67. The molecule has 14 heavy (non-hydrogen) atoms. The largest absolute Gasteiger partial charge is 0.481 e. The highest BCUT2D eigenvalue weighted by atomic mass is 35.5. The summed E-state index contributed by atoms with van der Waals surface area (Å²) in [5, 5.41) is 7.81. The van der Waals surface area contributed by atoms with Gasteiger partial charge in [0, 0.05) is 6.92 Å². The molecule has 4 nitrogen and oxygen atoms in total. The van der Waals surface area contributed by atoms with Crippen LogP contribution in [-0.2, 0) is 4.79 Å². The summed E-state index contributed by atoms with van der Waals surface area (Å²) in [6.07, 6.45) is 0. The molecule has 0 heterocycles. The molecule has 76 valence electrons. The number of aliphatic carboxylic acids is 1. The molecule has 1 rings (SSSR count). The van der Waals surface area contributed by atoms with Crippen LogP contribution in [0.5, 0.6) is 0 Å². The van der Waals surface area contributed by atoms with E-state index in [1.54, 1.807) is 24.3 Å². The summed E-state index contributed by atoms with van der Waals surface area (Å²) < 4.78 is 0. The van der Waals surface area contributed by atoms with E-state index in [0.717, 1.165) is 6.92 Å². The lowest BCUT2D eigenvalue weighted by atomic mass is 10.2. The van der Waals surface area contributed by atoms with Crippen LogP contribution in [0.3, 0.4) is 0 Å². The van der Waals surface area contributed by atoms with Gasteiger partial charge < -0.3 is 10.8 Å². The van der Waals surface area contributed by atoms with Crippen LogP contribution in [0.15, 0.2) is 24.3 Å². The van der Waals surface area contributed by atoms with E-state index >= 15 is 0 Å². The van der Waals surface area contributed by atoms with Crippen molar-refractivity contribution in [3.8, 4) is 0 Å². The van der Waals surface area contributed by atoms with Crippen LogP contribution in [0, 0.1) is 0 Å². The quantitative estimate of drug-likeness (QED) is 0.746. The number of nitrogens with two attached hydrogens (primary N) is 1. The van der Waals surface area contributed by atoms with Gasteiger partial charge in [0.25, 0.3) is 5.97 Å². The molecule has 5 heteroatoms. The molecule has 0 atom stereocenters. The number of carboxylic acids is 1. The van der Waals surface area contributed by atoms with Crippen molar-refractivity contribution < 1.29 is 14.7 Å². The zero-order valence-electron chi connectivity index (χ0n) is 7.53. The molecule has 0 aromatic heterocycles. The molecule has 0 saturated heterocycles. The molecule has 0 fully saturated rings. The van der Waals surface area contributed by atoms with Crippen molar-refractivity contribution in [2.45, 2.75) is 6.92 Å². The van der Waals surface area contributed by atoms with Crippen molar-refractivity contribution in [1.82, 2.24) is 0 Å². The second-order valence-corrected chi connectivity index (χ2v) is 2.77. The van der Waals surface area contributed by atoms with Crippen molar-refractivity contribution in [2.75, 3.05) is 0 Å². The molecule has 0 aliphatic carbocycles. The Kier molecular flexibility index (Phi) is 5.33. The van der Waals surface area contributed by atoms with E-state index in [2.05, 4.69) is 0 Å². The normalized spacial score (nSPS) is 8.43. The monoisotopic (exact) mass is 215 g/mol. The van der Waals surface area contributed by atoms with Gasteiger partial charge >= 0.3 is 0 Å². The third-order valence-electron chi connectivity index (χ3n) is 1.14. The summed E-state index contributed by atoms with van der Waals surface area (Å²) in [5.74, 6) is -1.33. The number of benzene rings is 1. The van der Waals surface area contributed by atoms with Crippen molar-refractivity contribution >= 4 is 23.5 Å². The minimum absolute atomic E-state index is 0.365. The van der Waals surface area contributed by atoms with Gasteiger partial charge in [-0.2, -0.15) is 0 Å². The molecule has 3 N–H and O–H groups in total. The van der Waals surface area contributed by atoms with Crippen molar-refractivity contribution in [2.24, 2.45) is 5.73 Å². The maximum atomic E-state index is 10.6. The van der Waals surface area contributed by atoms with E-state index in [1.807, 2.05) is 0 Å². The predicted octanol–water partition coefficient (Wildman–Crippen LogP) is 1.53. The summed E-state index contributed by atoms with van der Waals surface area (Å²) in [4.78, 5) is 19.6. The molecule has 1 aromatic rings. The lowest BCUT2D eigenvalue weighted by Crippen LogP contribution is -2.10.